The molecule has 0 fully saturated rings. The third kappa shape index (κ3) is 3.22. The molecule has 0 saturated heterocycles. The van der Waals surface area contributed by atoms with Crippen molar-refractivity contribution < 1.29 is 4.79 Å². The molecule has 1 heterocycles. The number of hydrogen-bond acceptors (Lipinski definition) is 3. The topological polar surface area (TPSA) is 58.9 Å². The summed E-state index contributed by atoms with van der Waals surface area (Å²) in [5.41, 5.74) is 5.13. The fraction of sp³-hybridized carbons (Fsp3) is 0.474. The minimum Gasteiger partial charge on any atom is -0.349 e. The molecule has 1 aromatic carbocycles. The van der Waals surface area contributed by atoms with Gasteiger partial charge >= 0.3 is 0 Å². The molecule has 5 nitrogen and oxygen atoms in total. The summed E-state index contributed by atoms with van der Waals surface area (Å²) >= 11 is 0. The molecule has 1 aliphatic rings. The highest BCUT2D eigenvalue weighted by molar-refractivity contribution is 5.94. The molecule has 128 valence electrons. The molecule has 0 radical (unpaired) electrons. The van der Waals surface area contributed by atoms with Crippen LogP contribution in [0.25, 0.3) is 5.69 Å². The molecule has 0 saturated carbocycles. The lowest BCUT2D eigenvalue weighted by Gasteiger charge is -2.12. The fourth-order valence-electron chi connectivity index (χ4n) is 3.37. The zero-order chi connectivity index (χ0) is 17.1. The number of hydrogen-bond donors (Lipinski definition) is 2. The van der Waals surface area contributed by atoms with Gasteiger partial charge in [0.05, 0.1) is 5.69 Å². The molecule has 5 heteroatoms. The van der Waals surface area contributed by atoms with E-state index in [2.05, 4.69) is 48.6 Å². The van der Waals surface area contributed by atoms with Crippen LogP contribution >= 0.6 is 0 Å². The number of carbonyl (C=O) groups is 1. The van der Waals surface area contributed by atoms with Crippen molar-refractivity contribution in [1.82, 2.24) is 20.4 Å². The average molecular weight is 326 g/mol. The highest BCUT2D eigenvalue weighted by Crippen LogP contribution is 2.28. The molecule has 1 atom stereocenters. The largest absolute Gasteiger partial charge is 0.349 e. The van der Waals surface area contributed by atoms with Gasteiger partial charge < -0.3 is 10.6 Å². The molecular weight excluding hydrogens is 300 g/mol. The number of rotatable bonds is 6. The summed E-state index contributed by atoms with van der Waals surface area (Å²) in [5.74, 6) is -0.0646. The highest BCUT2D eigenvalue weighted by Gasteiger charge is 2.27. The summed E-state index contributed by atoms with van der Waals surface area (Å²) in [6, 6.07) is 8.44. The molecule has 0 unspecified atom stereocenters. The molecule has 0 aliphatic heterocycles. The molecule has 1 amide bonds. The van der Waals surface area contributed by atoms with Gasteiger partial charge in [-0.05, 0) is 51.3 Å². The predicted molar refractivity (Wildman–Crippen MR) is 95.8 cm³/mol. The summed E-state index contributed by atoms with van der Waals surface area (Å²) in [6.07, 6.45) is 3.01. The lowest BCUT2D eigenvalue weighted by atomic mass is 10.1. The van der Waals surface area contributed by atoms with Crippen LogP contribution < -0.4 is 10.6 Å². The van der Waals surface area contributed by atoms with Crippen LogP contribution in [-0.4, -0.2) is 34.8 Å². The first-order chi connectivity index (χ1) is 11.6. The van der Waals surface area contributed by atoms with Gasteiger partial charge in [-0.15, -0.1) is 0 Å². The number of aromatic nitrogens is 2. The third-order valence-electron chi connectivity index (χ3n) is 4.61. The number of amides is 1. The first-order valence-corrected chi connectivity index (χ1v) is 8.80. The standard InChI is InChI=1S/C19H26N4O/c1-4-20-14(3)12-21-19(24)18-15-9-7-11-17(15)23(22-18)16-10-6-5-8-13(16)2/h5-6,8,10,14,20H,4,7,9,11-12H2,1-3H3,(H,21,24)/t14-/m1/s1. The molecular formula is C19H26N4O. The van der Waals surface area contributed by atoms with Crippen molar-refractivity contribution in [1.29, 1.82) is 0 Å². The van der Waals surface area contributed by atoms with Gasteiger partial charge in [0.15, 0.2) is 5.69 Å². The molecule has 24 heavy (non-hydrogen) atoms. The Hall–Kier alpha value is -2.14. The molecule has 0 spiro atoms. The van der Waals surface area contributed by atoms with Crippen molar-refractivity contribution in [3.8, 4) is 5.69 Å². The predicted octanol–water partition coefficient (Wildman–Crippen LogP) is 2.40. The summed E-state index contributed by atoms with van der Waals surface area (Å²) in [7, 11) is 0. The van der Waals surface area contributed by atoms with Crippen molar-refractivity contribution >= 4 is 5.91 Å². The normalized spacial score (nSPS) is 14.5. The van der Waals surface area contributed by atoms with Crippen molar-refractivity contribution in [2.24, 2.45) is 0 Å². The first kappa shape index (κ1) is 16.7. The number of aryl methyl sites for hydroxylation is 1. The number of likely N-dealkylation sites (N-methyl/N-ethyl adjacent to an activating group) is 1. The van der Waals surface area contributed by atoms with Crippen molar-refractivity contribution in [2.75, 3.05) is 13.1 Å². The van der Waals surface area contributed by atoms with Gasteiger partial charge in [0.25, 0.3) is 5.91 Å². The average Bonchev–Trinajstić information content (AvgIpc) is 3.16. The molecule has 0 bridgehead atoms. The monoisotopic (exact) mass is 326 g/mol. The second kappa shape index (κ2) is 7.18. The van der Waals surface area contributed by atoms with E-state index in [0.29, 0.717) is 12.2 Å². The number of nitrogens with zero attached hydrogens (tertiary/aromatic N) is 2. The van der Waals surface area contributed by atoms with Crippen LogP contribution in [0.5, 0.6) is 0 Å². The number of carbonyl (C=O) groups excluding carboxylic acids is 1. The van der Waals surface area contributed by atoms with E-state index < -0.39 is 0 Å². The Morgan fingerprint density at radius 3 is 2.88 bits per heavy atom. The van der Waals surface area contributed by atoms with Gasteiger partial charge in [0.2, 0.25) is 0 Å². The zero-order valence-corrected chi connectivity index (χ0v) is 14.7. The van der Waals surface area contributed by atoms with E-state index >= 15 is 0 Å². The van der Waals surface area contributed by atoms with E-state index in [1.165, 1.54) is 11.3 Å². The quantitative estimate of drug-likeness (QED) is 0.857. The van der Waals surface area contributed by atoms with E-state index in [1.807, 2.05) is 16.8 Å². The van der Waals surface area contributed by atoms with Crippen LogP contribution in [0.2, 0.25) is 0 Å². The molecule has 2 aromatic rings. The lowest BCUT2D eigenvalue weighted by Crippen LogP contribution is -2.39. The van der Waals surface area contributed by atoms with Gasteiger partial charge in [-0.25, -0.2) is 4.68 Å². The maximum Gasteiger partial charge on any atom is 0.272 e. The fourth-order valence-corrected chi connectivity index (χ4v) is 3.37. The van der Waals surface area contributed by atoms with Gasteiger partial charge in [-0.1, -0.05) is 25.1 Å². The number of para-hydroxylation sites is 1. The first-order valence-electron chi connectivity index (χ1n) is 8.80. The Morgan fingerprint density at radius 1 is 1.33 bits per heavy atom. The maximum atomic E-state index is 12.6. The molecule has 2 N–H and O–H groups in total. The third-order valence-corrected chi connectivity index (χ3v) is 4.61. The van der Waals surface area contributed by atoms with E-state index in [0.717, 1.165) is 37.1 Å². The van der Waals surface area contributed by atoms with Gasteiger partial charge in [0, 0.05) is 23.8 Å². The van der Waals surface area contributed by atoms with Crippen molar-refractivity contribution in [2.45, 2.75) is 46.1 Å². The maximum absolute atomic E-state index is 12.6. The Kier molecular flexibility index (Phi) is 5.00. The minimum absolute atomic E-state index is 0.0646. The Morgan fingerprint density at radius 2 is 2.12 bits per heavy atom. The van der Waals surface area contributed by atoms with Gasteiger partial charge in [-0.2, -0.15) is 5.10 Å². The highest BCUT2D eigenvalue weighted by atomic mass is 16.2. The molecule has 1 aliphatic carbocycles. The number of fused-ring (bicyclic) bond motifs is 1. The molecule has 1 aromatic heterocycles. The Balaban J connectivity index is 1.87. The van der Waals surface area contributed by atoms with Gasteiger partial charge in [-0.3, -0.25) is 4.79 Å². The van der Waals surface area contributed by atoms with E-state index in [-0.39, 0.29) is 11.9 Å². The van der Waals surface area contributed by atoms with E-state index in [4.69, 9.17) is 0 Å². The summed E-state index contributed by atoms with van der Waals surface area (Å²) in [5, 5.41) is 11.0. The second-order valence-corrected chi connectivity index (χ2v) is 6.49. The smallest absolute Gasteiger partial charge is 0.272 e. The second-order valence-electron chi connectivity index (χ2n) is 6.49. The van der Waals surface area contributed by atoms with Crippen LogP contribution in [0.15, 0.2) is 24.3 Å². The van der Waals surface area contributed by atoms with Crippen molar-refractivity contribution in [3.05, 3.63) is 46.8 Å². The Bertz CT molecular complexity index is 735. The summed E-state index contributed by atoms with van der Waals surface area (Å²) < 4.78 is 1.97. The molecule has 3 rings (SSSR count). The zero-order valence-electron chi connectivity index (χ0n) is 14.7. The Labute approximate surface area is 143 Å². The van der Waals surface area contributed by atoms with Crippen LogP contribution in [0.3, 0.4) is 0 Å². The summed E-state index contributed by atoms with van der Waals surface area (Å²) in [4.78, 5) is 12.6. The summed E-state index contributed by atoms with van der Waals surface area (Å²) in [6.45, 7) is 7.72. The van der Waals surface area contributed by atoms with Crippen LogP contribution in [0, 0.1) is 6.92 Å². The minimum atomic E-state index is -0.0646. The van der Waals surface area contributed by atoms with E-state index in [9.17, 15) is 4.79 Å². The lowest BCUT2D eigenvalue weighted by molar-refractivity contribution is 0.0944. The van der Waals surface area contributed by atoms with E-state index in [1.54, 1.807) is 0 Å². The van der Waals surface area contributed by atoms with Crippen LogP contribution in [0.1, 0.15) is 47.6 Å². The SMILES string of the molecule is CCN[C@H](C)CNC(=O)c1nn(-c2ccccc2C)c2c1CCC2. The van der Waals surface area contributed by atoms with Gasteiger partial charge in [0.1, 0.15) is 0 Å². The number of nitrogens with one attached hydrogen (secondary N) is 2. The number of benzene rings is 1. The van der Waals surface area contributed by atoms with Crippen LogP contribution in [0.4, 0.5) is 0 Å². The van der Waals surface area contributed by atoms with Crippen LogP contribution in [-0.2, 0) is 12.8 Å². The van der Waals surface area contributed by atoms with Crippen molar-refractivity contribution in [3.63, 3.8) is 0 Å².